The van der Waals surface area contributed by atoms with Crippen molar-refractivity contribution in [1.29, 1.82) is 0 Å². The Morgan fingerprint density at radius 1 is 0.880 bits per heavy atom. The minimum atomic E-state index is -0.911. The van der Waals surface area contributed by atoms with Crippen molar-refractivity contribution in [3.05, 3.63) is 71.3 Å². The van der Waals surface area contributed by atoms with E-state index in [1.807, 2.05) is 24.3 Å². The lowest BCUT2D eigenvalue weighted by Gasteiger charge is -2.36. The third kappa shape index (κ3) is 9.03. The molecule has 1 saturated heterocycles. The van der Waals surface area contributed by atoms with Gasteiger partial charge in [0.1, 0.15) is 23.7 Å². The molecule has 270 valence electrons. The molecule has 2 fully saturated rings. The first-order chi connectivity index (χ1) is 23.8. The zero-order valence-corrected chi connectivity index (χ0v) is 30.1. The van der Waals surface area contributed by atoms with Gasteiger partial charge in [0.25, 0.3) is 5.91 Å². The number of nitrogens with one attached hydrogen (secondary N) is 3. The Morgan fingerprint density at radius 3 is 2.26 bits per heavy atom. The highest BCUT2D eigenvalue weighted by atomic mass is 16.6. The van der Waals surface area contributed by atoms with Crippen molar-refractivity contribution in [3.8, 4) is 0 Å². The summed E-state index contributed by atoms with van der Waals surface area (Å²) in [4.78, 5) is 71.4. The van der Waals surface area contributed by atoms with Crippen LogP contribution in [-0.2, 0) is 25.5 Å². The fourth-order valence-electron chi connectivity index (χ4n) is 7.43. The molecule has 0 radical (unpaired) electrons. The van der Waals surface area contributed by atoms with Crippen molar-refractivity contribution in [2.75, 3.05) is 13.6 Å². The van der Waals surface area contributed by atoms with Gasteiger partial charge in [0.05, 0.1) is 6.04 Å². The second-order valence-electron chi connectivity index (χ2n) is 15.1. The van der Waals surface area contributed by atoms with Crippen LogP contribution < -0.4 is 16.0 Å². The van der Waals surface area contributed by atoms with E-state index >= 15 is 0 Å². The number of rotatable bonds is 9. The van der Waals surface area contributed by atoms with Gasteiger partial charge < -0.3 is 25.6 Å². The predicted octanol–water partition coefficient (Wildman–Crippen LogP) is 4.90. The number of likely N-dealkylation sites (tertiary alicyclic amines) is 1. The maximum Gasteiger partial charge on any atom is 0.410 e. The van der Waals surface area contributed by atoms with E-state index in [0.29, 0.717) is 5.56 Å². The predicted molar refractivity (Wildman–Crippen MR) is 190 cm³/mol. The van der Waals surface area contributed by atoms with Gasteiger partial charge in [0.15, 0.2) is 0 Å². The van der Waals surface area contributed by atoms with Crippen LogP contribution in [-0.4, -0.2) is 82.9 Å². The van der Waals surface area contributed by atoms with E-state index in [1.54, 1.807) is 56.9 Å². The van der Waals surface area contributed by atoms with E-state index in [1.165, 1.54) is 17.5 Å². The first-order valence-corrected chi connectivity index (χ1v) is 18.1. The molecule has 1 saturated carbocycles. The van der Waals surface area contributed by atoms with Crippen LogP contribution in [0.3, 0.4) is 0 Å². The zero-order chi connectivity index (χ0) is 36.0. The maximum atomic E-state index is 14.7. The van der Waals surface area contributed by atoms with Crippen LogP contribution in [0.2, 0.25) is 0 Å². The Morgan fingerprint density at radius 2 is 1.56 bits per heavy atom. The molecule has 0 spiro atoms. The SMILES string of the molecule is CC(C(=O)NC(C(=O)N1CC(NC(=O)c2ccccc2)CC1C(=O)NC1CCCc2ccccc21)C1CCCCC1)N(C)C(=O)OC(C)(C)C. The molecule has 5 unspecified atom stereocenters. The molecule has 50 heavy (non-hydrogen) atoms. The molecule has 5 atom stereocenters. The number of amides is 5. The average molecular weight is 688 g/mol. The molecule has 3 aliphatic rings. The summed E-state index contributed by atoms with van der Waals surface area (Å²) in [5, 5.41) is 9.29. The molecule has 2 aromatic carbocycles. The Bertz CT molecular complexity index is 1530. The fraction of sp³-hybridized carbons (Fsp3) is 0.564. The summed E-state index contributed by atoms with van der Waals surface area (Å²) in [6, 6.07) is 13.7. The molecule has 2 aromatic rings. The molecule has 11 heteroatoms. The number of ether oxygens (including phenoxy) is 1. The highest BCUT2D eigenvalue weighted by Crippen LogP contribution is 2.32. The van der Waals surface area contributed by atoms with Crippen molar-refractivity contribution < 1.29 is 28.7 Å². The van der Waals surface area contributed by atoms with Crippen LogP contribution in [0, 0.1) is 5.92 Å². The van der Waals surface area contributed by atoms with Gasteiger partial charge >= 0.3 is 6.09 Å². The number of hydrogen-bond acceptors (Lipinski definition) is 6. The van der Waals surface area contributed by atoms with Gasteiger partial charge in [-0.3, -0.25) is 24.1 Å². The van der Waals surface area contributed by atoms with E-state index in [2.05, 4.69) is 22.0 Å². The van der Waals surface area contributed by atoms with Gasteiger partial charge in [-0.15, -0.1) is 0 Å². The Labute approximate surface area is 295 Å². The van der Waals surface area contributed by atoms with Gasteiger partial charge in [0.2, 0.25) is 17.7 Å². The quantitative estimate of drug-likeness (QED) is 0.343. The van der Waals surface area contributed by atoms with Crippen molar-refractivity contribution in [2.45, 2.75) is 121 Å². The molecule has 11 nitrogen and oxygen atoms in total. The van der Waals surface area contributed by atoms with Crippen molar-refractivity contribution in [1.82, 2.24) is 25.8 Å². The summed E-state index contributed by atoms with van der Waals surface area (Å²) in [6.07, 6.45) is 6.71. The van der Waals surface area contributed by atoms with E-state index in [4.69, 9.17) is 4.74 Å². The van der Waals surface area contributed by atoms with Crippen molar-refractivity contribution in [3.63, 3.8) is 0 Å². The smallest absolute Gasteiger partial charge is 0.410 e. The summed E-state index contributed by atoms with van der Waals surface area (Å²) in [7, 11) is 1.50. The lowest BCUT2D eigenvalue weighted by atomic mass is 9.83. The van der Waals surface area contributed by atoms with Crippen LogP contribution in [0.15, 0.2) is 54.6 Å². The summed E-state index contributed by atoms with van der Waals surface area (Å²) in [5.41, 5.74) is 2.06. The number of carbonyl (C=O) groups is 5. The van der Waals surface area contributed by atoms with Gasteiger partial charge in [-0.2, -0.15) is 0 Å². The number of carbonyl (C=O) groups excluding carboxylic acids is 5. The number of hydrogen-bond donors (Lipinski definition) is 3. The minimum Gasteiger partial charge on any atom is -0.444 e. The van der Waals surface area contributed by atoms with Crippen molar-refractivity contribution in [2.24, 2.45) is 5.92 Å². The van der Waals surface area contributed by atoms with E-state index in [0.717, 1.165) is 56.9 Å². The molecular formula is C39H53N5O6. The van der Waals surface area contributed by atoms with Gasteiger partial charge in [-0.25, -0.2) is 4.79 Å². The van der Waals surface area contributed by atoms with E-state index in [9.17, 15) is 24.0 Å². The zero-order valence-electron chi connectivity index (χ0n) is 30.1. The van der Waals surface area contributed by atoms with Gasteiger partial charge in [-0.1, -0.05) is 61.7 Å². The number of benzene rings is 2. The number of likely N-dealkylation sites (N-methyl/N-ethyl adjacent to an activating group) is 1. The average Bonchev–Trinajstić information content (AvgIpc) is 3.53. The third-order valence-corrected chi connectivity index (χ3v) is 10.3. The Balaban J connectivity index is 1.39. The van der Waals surface area contributed by atoms with Crippen LogP contribution in [0.1, 0.15) is 107 Å². The van der Waals surface area contributed by atoms with Crippen LogP contribution in [0.25, 0.3) is 0 Å². The number of aryl methyl sites for hydroxylation is 1. The van der Waals surface area contributed by atoms with E-state index < -0.39 is 41.8 Å². The molecule has 5 rings (SSSR count). The van der Waals surface area contributed by atoms with Crippen LogP contribution in [0.5, 0.6) is 0 Å². The second-order valence-corrected chi connectivity index (χ2v) is 15.1. The maximum absolute atomic E-state index is 14.7. The van der Waals surface area contributed by atoms with Crippen LogP contribution >= 0.6 is 0 Å². The minimum absolute atomic E-state index is 0.128. The van der Waals surface area contributed by atoms with Gasteiger partial charge in [0, 0.05) is 25.2 Å². The normalized spacial score (nSPS) is 22.0. The summed E-state index contributed by atoms with van der Waals surface area (Å²) >= 11 is 0. The molecule has 0 aromatic heterocycles. The standard InChI is InChI=1S/C39H53N5O6/c1-25(43(5)38(49)50-39(2,3)4)34(45)42-33(27-16-8-6-9-17-27)37(48)44-24-29(40-35(46)28-18-10-7-11-19-28)23-32(44)36(47)41-31-22-14-20-26-15-12-13-21-30(26)31/h7,10-13,15,18-19,21,25,27,29,31-33H,6,8-9,14,16-17,20,22-24H2,1-5H3,(H,40,46)(H,41,47)(H,42,45). The lowest BCUT2D eigenvalue weighted by Crippen LogP contribution is -2.59. The highest BCUT2D eigenvalue weighted by molar-refractivity contribution is 5.96. The lowest BCUT2D eigenvalue weighted by molar-refractivity contribution is -0.143. The third-order valence-electron chi connectivity index (χ3n) is 10.3. The van der Waals surface area contributed by atoms with E-state index in [-0.39, 0.29) is 42.6 Å². The Kier molecular flexibility index (Phi) is 11.9. The summed E-state index contributed by atoms with van der Waals surface area (Å²) in [5.74, 6) is -1.51. The fourth-order valence-corrected chi connectivity index (χ4v) is 7.43. The first-order valence-electron chi connectivity index (χ1n) is 18.1. The molecule has 3 N–H and O–H groups in total. The molecule has 1 aliphatic heterocycles. The highest BCUT2D eigenvalue weighted by Gasteiger charge is 2.45. The molecule has 5 amide bonds. The largest absolute Gasteiger partial charge is 0.444 e. The molecular weight excluding hydrogens is 634 g/mol. The Hall–Kier alpha value is -4.41. The molecule has 2 aliphatic carbocycles. The number of fused-ring (bicyclic) bond motifs is 1. The second kappa shape index (κ2) is 16.1. The molecule has 0 bridgehead atoms. The number of nitrogens with zero attached hydrogens (tertiary/aromatic N) is 2. The first kappa shape index (κ1) is 36.9. The summed E-state index contributed by atoms with van der Waals surface area (Å²) < 4.78 is 5.47. The topological polar surface area (TPSA) is 137 Å². The van der Waals surface area contributed by atoms with Crippen molar-refractivity contribution >= 4 is 29.7 Å². The summed E-state index contributed by atoms with van der Waals surface area (Å²) in [6.45, 7) is 7.00. The monoisotopic (exact) mass is 687 g/mol. The van der Waals surface area contributed by atoms with Gasteiger partial charge in [-0.05, 0) is 95.4 Å². The molecule has 1 heterocycles. The van der Waals surface area contributed by atoms with Crippen LogP contribution in [0.4, 0.5) is 4.79 Å².